The van der Waals surface area contributed by atoms with Gasteiger partial charge >= 0.3 is 0 Å². The Morgan fingerprint density at radius 1 is 1.50 bits per heavy atom. The Morgan fingerprint density at radius 2 is 2.25 bits per heavy atom. The number of amides is 1. The highest BCUT2D eigenvalue weighted by Gasteiger charge is 2.10. The van der Waals surface area contributed by atoms with Gasteiger partial charge in [-0.3, -0.25) is 4.79 Å². The fraction of sp³-hybridized carbons (Fsp3) is 0.182. The average molecular weight is 243 g/mol. The van der Waals surface area contributed by atoms with Gasteiger partial charge < -0.3 is 11.1 Å². The van der Waals surface area contributed by atoms with Crippen LogP contribution in [-0.2, 0) is 0 Å². The number of halogens is 2. The van der Waals surface area contributed by atoms with E-state index in [0.717, 1.165) is 6.07 Å². The Morgan fingerprint density at radius 3 is 2.94 bits per heavy atom. The van der Waals surface area contributed by atoms with Crippen LogP contribution in [0.15, 0.2) is 30.4 Å². The first-order chi connectivity index (χ1) is 7.65. The summed E-state index contributed by atoms with van der Waals surface area (Å²) in [5, 5.41) is 2.85. The maximum absolute atomic E-state index is 13.2. The number of hydrogen-bond acceptors (Lipinski definition) is 2. The van der Waals surface area contributed by atoms with Gasteiger partial charge in [0.2, 0.25) is 0 Å². The van der Waals surface area contributed by atoms with Gasteiger partial charge in [-0.2, -0.15) is 0 Å². The predicted molar refractivity (Wildman–Crippen MR) is 61.9 cm³/mol. The summed E-state index contributed by atoms with van der Waals surface area (Å²) in [5.41, 5.74) is 5.16. The molecule has 0 atom stereocenters. The third-order valence-corrected chi connectivity index (χ3v) is 2.09. The number of carbonyl (C=O) groups excluding carboxylic acids is 1. The summed E-state index contributed by atoms with van der Waals surface area (Å²) in [7, 11) is 0. The molecule has 3 nitrogen and oxygen atoms in total. The van der Waals surface area contributed by atoms with Gasteiger partial charge in [-0.15, -0.1) is 0 Å². The molecule has 0 aliphatic heterocycles. The van der Waals surface area contributed by atoms with Gasteiger partial charge in [-0.25, -0.2) is 4.39 Å². The Kier molecular flexibility index (Phi) is 4.95. The Labute approximate surface area is 98.1 Å². The molecule has 5 heteroatoms. The van der Waals surface area contributed by atoms with Crippen LogP contribution in [0.3, 0.4) is 0 Å². The molecule has 0 bridgehead atoms. The van der Waals surface area contributed by atoms with E-state index in [1.54, 1.807) is 12.2 Å². The Hall–Kier alpha value is -1.39. The fourth-order valence-corrected chi connectivity index (χ4v) is 1.27. The van der Waals surface area contributed by atoms with E-state index in [0.29, 0.717) is 18.1 Å². The number of carbonyl (C=O) groups is 1. The van der Waals surface area contributed by atoms with Crippen molar-refractivity contribution in [3.63, 3.8) is 0 Å². The quantitative estimate of drug-likeness (QED) is 0.790. The van der Waals surface area contributed by atoms with Crippen LogP contribution < -0.4 is 11.1 Å². The SMILES string of the molecule is NC/C=C/CNC(=O)c1cc(Cl)ccc1F. The van der Waals surface area contributed by atoms with E-state index in [4.69, 9.17) is 17.3 Å². The molecule has 0 heterocycles. The highest BCUT2D eigenvalue weighted by Crippen LogP contribution is 2.14. The summed E-state index contributed by atoms with van der Waals surface area (Å²) in [4.78, 5) is 11.5. The van der Waals surface area contributed by atoms with Crippen LogP contribution in [0.25, 0.3) is 0 Å². The van der Waals surface area contributed by atoms with Crippen LogP contribution >= 0.6 is 11.6 Å². The normalized spacial score (nSPS) is 10.7. The van der Waals surface area contributed by atoms with Gasteiger partial charge in [0.1, 0.15) is 5.82 Å². The first kappa shape index (κ1) is 12.7. The summed E-state index contributed by atoms with van der Waals surface area (Å²) in [6.45, 7) is 0.712. The number of hydrogen-bond donors (Lipinski definition) is 2. The Balaban J connectivity index is 2.65. The molecule has 1 amide bonds. The summed E-state index contributed by atoms with van der Waals surface area (Å²) < 4.78 is 13.2. The van der Waals surface area contributed by atoms with E-state index in [-0.39, 0.29) is 5.56 Å². The van der Waals surface area contributed by atoms with E-state index < -0.39 is 11.7 Å². The minimum Gasteiger partial charge on any atom is -0.348 e. The van der Waals surface area contributed by atoms with E-state index in [9.17, 15) is 9.18 Å². The minimum absolute atomic E-state index is 0.0614. The maximum Gasteiger partial charge on any atom is 0.254 e. The third kappa shape index (κ3) is 3.64. The molecule has 0 spiro atoms. The summed E-state index contributed by atoms with van der Waals surface area (Å²) >= 11 is 5.67. The first-order valence-electron chi connectivity index (χ1n) is 4.73. The molecule has 0 radical (unpaired) electrons. The molecule has 0 aromatic heterocycles. The lowest BCUT2D eigenvalue weighted by molar-refractivity contribution is 0.0954. The minimum atomic E-state index is -0.593. The molecule has 0 aliphatic rings. The summed E-state index contributed by atoms with van der Waals surface area (Å²) in [5.74, 6) is -1.09. The van der Waals surface area contributed by atoms with Crippen LogP contribution in [0, 0.1) is 5.82 Å². The molecule has 1 aromatic rings. The van der Waals surface area contributed by atoms with Crippen molar-refractivity contribution in [2.24, 2.45) is 5.73 Å². The molecule has 0 fully saturated rings. The lowest BCUT2D eigenvalue weighted by Crippen LogP contribution is -2.24. The summed E-state index contributed by atoms with van der Waals surface area (Å²) in [6, 6.07) is 3.84. The monoisotopic (exact) mass is 242 g/mol. The second-order valence-corrected chi connectivity index (χ2v) is 3.48. The van der Waals surface area contributed by atoms with Gasteiger partial charge in [0, 0.05) is 18.1 Å². The zero-order chi connectivity index (χ0) is 12.0. The topological polar surface area (TPSA) is 55.1 Å². The molecular formula is C11H12ClFN2O. The number of rotatable bonds is 4. The molecule has 86 valence electrons. The van der Waals surface area contributed by atoms with E-state index in [1.165, 1.54) is 12.1 Å². The zero-order valence-corrected chi connectivity index (χ0v) is 9.30. The molecule has 0 unspecified atom stereocenters. The number of nitrogens with one attached hydrogen (secondary N) is 1. The average Bonchev–Trinajstić information content (AvgIpc) is 2.27. The van der Waals surface area contributed by atoms with Crippen molar-refractivity contribution in [1.29, 1.82) is 0 Å². The number of benzene rings is 1. The van der Waals surface area contributed by atoms with Crippen molar-refractivity contribution in [1.82, 2.24) is 5.32 Å². The van der Waals surface area contributed by atoms with Gasteiger partial charge in [0.25, 0.3) is 5.91 Å². The van der Waals surface area contributed by atoms with Crippen molar-refractivity contribution >= 4 is 17.5 Å². The molecule has 0 aliphatic carbocycles. The van der Waals surface area contributed by atoms with E-state index in [1.807, 2.05) is 0 Å². The Bertz CT molecular complexity index is 407. The summed E-state index contributed by atoms with van der Waals surface area (Å²) in [6.07, 6.45) is 3.40. The zero-order valence-electron chi connectivity index (χ0n) is 8.54. The van der Waals surface area contributed by atoms with Crippen molar-refractivity contribution in [3.8, 4) is 0 Å². The van der Waals surface area contributed by atoms with Gasteiger partial charge in [-0.1, -0.05) is 23.8 Å². The molecular weight excluding hydrogens is 231 g/mol. The lowest BCUT2D eigenvalue weighted by Gasteiger charge is -2.04. The second-order valence-electron chi connectivity index (χ2n) is 3.04. The van der Waals surface area contributed by atoms with Crippen molar-refractivity contribution in [3.05, 3.63) is 46.8 Å². The largest absolute Gasteiger partial charge is 0.348 e. The third-order valence-electron chi connectivity index (χ3n) is 1.86. The van der Waals surface area contributed by atoms with E-state index in [2.05, 4.69) is 5.32 Å². The second kappa shape index (κ2) is 6.25. The maximum atomic E-state index is 13.2. The first-order valence-corrected chi connectivity index (χ1v) is 5.11. The predicted octanol–water partition coefficient (Wildman–Crippen LogP) is 1.72. The molecule has 16 heavy (non-hydrogen) atoms. The van der Waals surface area contributed by atoms with Gasteiger partial charge in [0.15, 0.2) is 0 Å². The van der Waals surface area contributed by atoms with Gasteiger partial charge in [0.05, 0.1) is 5.56 Å². The smallest absolute Gasteiger partial charge is 0.254 e. The number of nitrogens with two attached hydrogens (primary N) is 1. The van der Waals surface area contributed by atoms with Crippen molar-refractivity contribution < 1.29 is 9.18 Å². The van der Waals surface area contributed by atoms with Crippen LogP contribution in [0.2, 0.25) is 5.02 Å². The van der Waals surface area contributed by atoms with Crippen molar-refractivity contribution in [2.75, 3.05) is 13.1 Å². The standard InChI is InChI=1S/C11H12ClFN2O/c12-8-3-4-10(13)9(7-8)11(16)15-6-2-1-5-14/h1-4,7H,5-6,14H2,(H,15,16)/b2-1+. The van der Waals surface area contributed by atoms with Crippen LogP contribution in [0.1, 0.15) is 10.4 Å². The van der Waals surface area contributed by atoms with Gasteiger partial charge in [-0.05, 0) is 18.2 Å². The molecule has 3 N–H and O–H groups in total. The van der Waals surface area contributed by atoms with Crippen LogP contribution in [0.4, 0.5) is 4.39 Å². The van der Waals surface area contributed by atoms with Crippen LogP contribution in [0.5, 0.6) is 0 Å². The lowest BCUT2D eigenvalue weighted by atomic mass is 10.2. The molecule has 1 aromatic carbocycles. The molecule has 0 saturated carbocycles. The fourth-order valence-electron chi connectivity index (χ4n) is 1.10. The molecule has 0 saturated heterocycles. The molecule has 1 rings (SSSR count). The highest BCUT2D eigenvalue weighted by atomic mass is 35.5. The van der Waals surface area contributed by atoms with E-state index >= 15 is 0 Å². The van der Waals surface area contributed by atoms with Crippen molar-refractivity contribution in [2.45, 2.75) is 0 Å². The van der Waals surface area contributed by atoms with Crippen LogP contribution in [-0.4, -0.2) is 19.0 Å². The highest BCUT2D eigenvalue weighted by molar-refractivity contribution is 6.30.